The van der Waals surface area contributed by atoms with E-state index in [0.717, 1.165) is 0 Å². The molecule has 2 rings (SSSR count). The molecule has 29 heavy (non-hydrogen) atoms. The highest BCUT2D eigenvalue weighted by Crippen LogP contribution is 2.60. The van der Waals surface area contributed by atoms with E-state index in [1.807, 2.05) is 0 Å². The molecule has 0 nitrogen and oxygen atoms in total. The Morgan fingerprint density at radius 1 is 0.448 bits per heavy atom. The van der Waals surface area contributed by atoms with Crippen LogP contribution in [0, 0.1) is 0 Å². The SMILES string of the molecule is CCCCCCCCCCCCCCCCCCCCP1[C@@H]2CCCC[C@@H]1CC2. The van der Waals surface area contributed by atoms with E-state index in [1.165, 1.54) is 120 Å². The van der Waals surface area contributed by atoms with Crippen molar-refractivity contribution in [2.45, 2.75) is 172 Å². The predicted molar refractivity (Wildman–Crippen MR) is 136 cm³/mol. The maximum absolute atomic E-state index is 2.31. The molecule has 172 valence electrons. The zero-order chi connectivity index (χ0) is 20.4. The molecule has 0 saturated carbocycles. The number of unbranched alkanes of at least 4 members (excludes halogenated alkanes) is 17. The topological polar surface area (TPSA) is 0 Å². The molecule has 2 fully saturated rings. The van der Waals surface area contributed by atoms with Gasteiger partial charge in [0.25, 0.3) is 0 Å². The molecule has 0 radical (unpaired) electrons. The Morgan fingerprint density at radius 2 is 0.793 bits per heavy atom. The van der Waals surface area contributed by atoms with Crippen molar-refractivity contribution in [1.82, 2.24) is 0 Å². The van der Waals surface area contributed by atoms with Gasteiger partial charge >= 0.3 is 0 Å². The van der Waals surface area contributed by atoms with Crippen LogP contribution in [0.15, 0.2) is 0 Å². The summed E-state index contributed by atoms with van der Waals surface area (Å²) in [6, 6.07) is 0. The Morgan fingerprint density at radius 3 is 1.17 bits per heavy atom. The average Bonchev–Trinajstić information content (AvgIpc) is 2.98. The summed E-state index contributed by atoms with van der Waals surface area (Å²) in [6.45, 7) is 2.31. The van der Waals surface area contributed by atoms with Crippen molar-refractivity contribution in [2.24, 2.45) is 0 Å². The lowest BCUT2D eigenvalue weighted by atomic mass is 10.0. The van der Waals surface area contributed by atoms with Crippen molar-refractivity contribution in [3.05, 3.63) is 0 Å². The lowest BCUT2D eigenvalue weighted by Gasteiger charge is -2.23. The fourth-order valence-corrected chi connectivity index (χ4v) is 9.86. The van der Waals surface area contributed by atoms with Crippen molar-refractivity contribution >= 4 is 7.92 Å². The van der Waals surface area contributed by atoms with Crippen LogP contribution in [0.4, 0.5) is 0 Å². The van der Waals surface area contributed by atoms with E-state index < -0.39 is 0 Å². The molecule has 0 aromatic heterocycles. The first kappa shape index (κ1) is 25.7. The van der Waals surface area contributed by atoms with Gasteiger partial charge in [-0.15, -0.1) is 7.92 Å². The van der Waals surface area contributed by atoms with E-state index in [0.29, 0.717) is 7.92 Å². The molecule has 0 spiro atoms. The first-order valence-corrected chi connectivity index (χ1v) is 15.8. The van der Waals surface area contributed by atoms with E-state index >= 15 is 0 Å². The third-order valence-electron chi connectivity index (χ3n) is 7.87. The maximum Gasteiger partial charge on any atom is -0.0206 e. The first-order valence-electron chi connectivity index (χ1n) is 14.2. The lowest BCUT2D eigenvalue weighted by Crippen LogP contribution is -2.03. The second-order valence-electron chi connectivity index (χ2n) is 10.4. The second kappa shape index (κ2) is 18.0. The van der Waals surface area contributed by atoms with Gasteiger partial charge in [-0.25, -0.2) is 0 Å². The summed E-state index contributed by atoms with van der Waals surface area (Å²) < 4.78 is 0. The maximum atomic E-state index is 2.31. The highest BCUT2D eigenvalue weighted by molar-refractivity contribution is 7.59. The third kappa shape index (κ3) is 12.1. The van der Waals surface area contributed by atoms with E-state index in [2.05, 4.69) is 6.92 Å². The smallest absolute Gasteiger partial charge is 0.0206 e. The van der Waals surface area contributed by atoms with Crippen molar-refractivity contribution in [3.63, 3.8) is 0 Å². The van der Waals surface area contributed by atoms with Gasteiger partial charge in [0.2, 0.25) is 0 Å². The lowest BCUT2D eigenvalue weighted by molar-refractivity contribution is 0.526. The minimum atomic E-state index is 0.446. The molecule has 2 aliphatic rings. The van der Waals surface area contributed by atoms with Crippen LogP contribution >= 0.6 is 7.92 Å². The molecule has 2 aliphatic heterocycles. The number of hydrogen-bond acceptors (Lipinski definition) is 0. The molecule has 0 amide bonds. The van der Waals surface area contributed by atoms with Crippen LogP contribution < -0.4 is 0 Å². The van der Waals surface area contributed by atoms with Gasteiger partial charge in [0.15, 0.2) is 0 Å². The minimum Gasteiger partial charge on any atom is -0.100 e. The fraction of sp³-hybridized carbons (Fsp3) is 1.00. The zero-order valence-electron chi connectivity index (χ0n) is 20.3. The summed E-state index contributed by atoms with van der Waals surface area (Å²) in [5, 5.41) is 0. The van der Waals surface area contributed by atoms with Crippen LogP contribution in [0.5, 0.6) is 0 Å². The highest BCUT2D eigenvalue weighted by atomic mass is 31.1. The van der Waals surface area contributed by atoms with Gasteiger partial charge < -0.3 is 0 Å². The largest absolute Gasteiger partial charge is 0.100 e. The Kier molecular flexibility index (Phi) is 16.0. The summed E-state index contributed by atoms with van der Waals surface area (Å²) >= 11 is 0. The van der Waals surface area contributed by atoms with Crippen molar-refractivity contribution in [1.29, 1.82) is 0 Å². The van der Waals surface area contributed by atoms with Crippen molar-refractivity contribution in [3.8, 4) is 0 Å². The molecule has 0 aliphatic carbocycles. The summed E-state index contributed by atoms with van der Waals surface area (Å²) in [5.74, 6) is 0. The number of hydrogen-bond donors (Lipinski definition) is 0. The zero-order valence-corrected chi connectivity index (χ0v) is 21.2. The molecule has 2 atom stereocenters. The number of rotatable bonds is 19. The van der Waals surface area contributed by atoms with Crippen LogP contribution in [0.1, 0.15) is 161 Å². The summed E-state index contributed by atoms with van der Waals surface area (Å²) in [7, 11) is 0.446. The molecule has 0 unspecified atom stereocenters. The van der Waals surface area contributed by atoms with Crippen LogP contribution in [0.25, 0.3) is 0 Å². The summed E-state index contributed by atoms with van der Waals surface area (Å²) in [6.07, 6.45) is 38.1. The first-order chi connectivity index (χ1) is 14.4. The third-order valence-corrected chi connectivity index (χ3v) is 11.6. The molecule has 0 aromatic carbocycles. The van der Waals surface area contributed by atoms with Crippen molar-refractivity contribution < 1.29 is 0 Å². The van der Waals surface area contributed by atoms with Crippen LogP contribution in [-0.2, 0) is 0 Å². The van der Waals surface area contributed by atoms with Gasteiger partial charge in [-0.1, -0.05) is 129 Å². The van der Waals surface area contributed by atoms with Crippen LogP contribution in [0.2, 0.25) is 0 Å². The highest BCUT2D eigenvalue weighted by Gasteiger charge is 2.35. The van der Waals surface area contributed by atoms with Gasteiger partial charge in [0.05, 0.1) is 0 Å². The summed E-state index contributed by atoms with van der Waals surface area (Å²) in [4.78, 5) is 0. The van der Waals surface area contributed by atoms with E-state index in [1.54, 1.807) is 51.1 Å². The average molecular weight is 423 g/mol. The normalized spacial score (nSPS) is 24.1. The molecule has 2 heterocycles. The molecule has 2 saturated heterocycles. The Hall–Kier alpha value is 0.430. The van der Waals surface area contributed by atoms with Gasteiger partial charge in [-0.05, 0) is 49.6 Å². The van der Waals surface area contributed by atoms with Crippen LogP contribution in [-0.4, -0.2) is 17.5 Å². The second-order valence-corrected chi connectivity index (χ2v) is 13.4. The molecule has 0 aromatic rings. The summed E-state index contributed by atoms with van der Waals surface area (Å²) in [5.41, 5.74) is 2.39. The standard InChI is InChI=1S/C28H55P/c1-2-3-4-5-6-7-8-9-10-11-12-13-14-15-16-17-18-21-26-29-27-22-19-20-23-28(29)25-24-27/h27-28H,2-26H2,1H3/t27-,28-/m1/s1. The van der Waals surface area contributed by atoms with E-state index in [-0.39, 0.29) is 0 Å². The molecule has 0 N–H and O–H groups in total. The molecule has 1 heteroatoms. The predicted octanol–water partition coefficient (Wildman–Crippen LogP) is 10.6. The Bertz CT molecular complexity index is 338. The van der Waals surface area contributed by atoms with Crippen molar-refractivity contribution in [2.75, 3.05) is 6.16 Å². The fourth-order valence-electron chi connectivity index (χ4n) is 5.96. The van der Waals surface area contributed by atoms with Gasteiger partial charge in [-0.3, -0.25) is 0 Å². The number of fused-ring (bicyclic) bond motifs is 2. The molecular weight excluding hydrogens is 367 g/mol. The van der Waals surface area contributed by atoms with Gasteiger partial charge in [-0.2, -0.15) is 0 Å². The van der Waals surface area contributed by atoms with Gasteiger partial charge in [0.1, 0.15) is 0 Å². The Balaban J connectivity index is 1.26. The quantitative estimate of drug-likeness (QED) is 0.143. The Labute approximate surface area is 186 Å². The van der Waals surface area contributed by atoms with Crippen LogP contribution in [0.3, 0.4) is 0 Å². The van der Waals surface area contributed by atoms with E-state index in [9.17, 15) is 0 Å². The minimum absolute atomic E-state index is 0.446. The molecule has 2 bridgehead atoms. The molecular formula is C28H55P. The monoisotopic (exact) mass is 422 g/mol. The van der Waals surface area contributed by atoms with Gasteiger partial charge in [0, 0.05) is 0 Å². The van der Waals surface area contributed by atoms with E-state index in [4.69, 9.17) is 0 Å².